The second kappa shape index (κ2) is 9.88. The molecule has 4 N–H and O–H groups in total. The lowest BCUT2D eigenvalue weighted by atomic mass is 9.98. The first-order valence-electron chi connectivity index (χ1n) is 10.0. The molecule has 10 heteroatoms. The first-order chi connectivity index (χ1) is 16.4. The smallest absolute Gasteiger partial charge is 0.425 e. The lowest BCUT2D eigenvalue weighted by Crippen LogP contribution is -2.43. The van der Waals surface area contributed by atoms with Gasteiger partial charge in [-0.1, -0.05) is 72.3 Å². The van der Waals surface area contributed by atoms with Gasteiger partial charge in [0.2, 0.25) is 0 Å². The number of hydrogen-bond donors (Lipinski definition) is 4. The summed E-state index contributed by atoms with van der Waals surface area (Å²) in [4.78, 5) is 37.9. The molecule has 4 rings (SSSR count). The highest BCUT2D eigenvalue weighted by molar-refractivity contribution is 6.30. The van der Waals surface area contributed by atoms with Gasteiger partial charge in [-0.15, -0.1) is 0 Å². The van der Waals surface area contributed by atoms with Crippen LogP contribution in [0.5, 0.6) is 0 Å². The Bertz CT molecular complexity index is 1360. The molecule has 3 aromatic carbocycles. The van der Waals surface area contributed by atoms with Gasteiger partial charge in [0.25, 0.3) is 11.8 Å². The number of rotatable bonds is 5. The van der Waals surface area contributed by atoms with Gasteiger partial charge in [-0.25, -0.2) is 10.2 Å². The zero-order valence-electron chi connectivity index (χ0n) is 17.5. The fraction of sp³-hybridized carbons (Fsp3) is 0. The van der Waals surface area contributed by atoms with Crippen LogP contribution in [0.4, 0.5) is 4.79 Å². The topological polar surface area (TPSA) is 125 Å². The lowest BCUT2D eigenvalue weighted by Gasteiger charge is -2.11. The quantitative estimate of drug-likeness (QED) is 0.322. The molecule has 0 aliphatic carbocycles. The van der Waals surface area contributed by atoms with Crippen molar-refractivity contribution in [3.63, 3.8) is 0 Å². The van der Waals surface area contributed by atoms with Gasteiger partial charge >= 0.3 is 6.09 Å². The summed E-state index contributed by atoms with van der Waals surface area (Å²) in [7, 11) is 0. The summed E-state index contributed by atoms with van der Waals surface area (Å²) in [5.74, 6) is -1.32. The van der Waals surface area contributed by atoms with Crippen LogP contribution in [0.2, 0.25) is 5.02 Å². The van der Waals surface area contributed by atoms with Crippen LogP contribution in [0, 0.1) is 0 Å². The van der Waals surface area contributed by atoms with E-state index in [1.807, 2.05) is 6.07 Å². The highest BCUT2D eigenvalue weighted by atomic mass is 35.5. The number of amides is 3. The molecule has 0 spiro atoms. The highest BCUT2D eigenvalue weighted by Gasteiger charge is 2.27. The van der Waals surface area contributed by atoms with Crippen molar-refractivity contribution in [3.05, 3.63) is 101 Å². The number of nitrogens with one attached hydrogen (secondary N) is 3. The average Bonchev–Trinajstić information content (AvgIpc) is 3.22. The van der Waals surface area contributed by atoms with Crippen LogP contribution in [-0.4, -0.2) is 32.9 Å². The molecule has 0 fully saturated rings. The minimum Gasteiger partial charge on any atom is -0.464 e. The summed E-state index contributed by atoms with van der Waals surface area (Å²) < 4.78 is 0. The Kier molecular flexibility index (Phi) is 6.56. The fourth-order valence-electron chi connectivity index (χ4n) is 3.35. The van der Waals surface area contributed by atoms with Crippen molar-refractivity contribution in [1.82, 2.24) is 20.7 Å². The zero-order chi connectivity index (χ0) is 24.1. The molecule has 0 atom stereocenters. The first-order valence-corrected chi connectivity index (χ1v) is 10.4. The van der Waals surface area contributed by atoms with Gasteiger partial charge in [-0.2, -0.15) is 9.89 Å². The predicted octanol–water partition coefficient (Wildman–Crippen LogP) is 4.17. The van der Waals surface area contributed by atoms with Crippen molar-refractivity contribution in [2.75, 3.05) is 5.43 Å². The summed E-state index contributed by atoms with van der Waals surface area (Å²) in [6, 6.07) is 24.0. The Labute approximate surface area is 198 Å². The Balaban J connectivity index is 1.80. The van der Waals surface area contributed by atoms with Crippen molar-refractivity contribution in [2.24, 2.45) is 0 Å². The lowest BCUT2D eigenvalue weighted by molar-refractivity contribution is 0.0842. The number of benzene rings is 3. The maximum absolute atomic E-state index is 13.2. The van der Waals surface area contributed by atoms with E-state index in [4.69, 9.17) is 11.6 Å². The second-order valence-corrected chi connectivity index (χ2v) is 7.49. The monoisotopic (exact) mass is 475 g/mol. The number of carbonyl (C=O) groups is 3. The number of hydrazine groups is 1. The van der Waals surface area contributed by atoms with Crippen molar-refractivity contribution in [3.8, 4) is 22.4 Å². The Hall–Kier alpha value is -4.63. The summed E-state index contributed by atoms with van der Waals surface area (Å²) >= 11 is 6.16. The molecule has 1 heterocycles. The molecule has 0 saturated carbocycles. The number of nitrogens with zero attached hydrogens (tertiary/aromatic N) is 2. The maximum Gasteiger partial charge on any atom is 0.425 e. The minimum atomic E-state index is -1.43. The number of carbonyl (C=O) groups excluding carboxylic acids is 2. The number of halogens is 1. The molecule has 9 nitrogen and oxygen atoms in total. The second-order valence-electron chi connectivity index (χ2n) is 7.05. The summed E-state index contributed by atoms with van der Waals surface area (Å²) in [6.45, 7) is 0. The van der Waals surface area contributed by atoms with Crippen molar-refractivity contribution in [1.29, 1.82) is 0 Å². The normalized spacial score (nSPS) is 10.4. The van der Waals surface area contributed by atoms with Crippen LogP contribution >= 0.6 is 11.6 Å². The van der Waals surface area contributed by atoms with Gasteiger partial charge in [-0.3, -0.25) is 20.4 Å². The van der Waals surface area contributed by atoms with Crippen LogP contribution in [0.3, 0.4) is 0 Å². The Morgan fingerprint density at radius 1 is 0.794 bits per heavy atom. The molecule has 0 bridgehead atoms. The molecule has 170 valence electrons. The van der Waals surface area contributed by atoms with Gasteiger partial charge in [0.15, 0.2) is 5.69 Å². The van der Waals surface area contributed by atoms with Gasteiger partial charge in [0.1, 0.15) is 5.69 Å². The standard InChI is InChI=1S/C24H18ClN5O4/c25-18-13-7-12-17(14-18)20-19(15-8-3-1-4-9-15)21(30(28-20)29-24(33)34)23(32)27-26-22(31)16-10-5-2-6-11-16/h1-14,29H,(H,26,31)(H,27,32)(H,33,34). The van der Waals surface area contributed by atoms with Crippen molar-refractivity contribution >= 4 is 29.5 Å². The zero-order valence-corrected chi connectivity index (χ0v) is 18.3. The van der Waals surface area contributed by atoms with Crippen LogP contribution in [0.1, 0.15) is 20.8 Å². The molecule has 0 aliphatic heterocycles. The van der Waals surface area contributed by atoms with E-state index in [1.165, 1.54) is 0 Å². The average molecular weight is 476 g/mol. The van der Waals surface area contributed by atoms with E-state index >= 15 is 0 Å². The largest absolute Gasteiger partial charge is 0.464 e. The summed E-state index contributed by atoms with van der Waals surface area (Å²) in [6.07, 6.45) is -1.43. The number of hydrogen-bond acceptors (Lipinski definition) is 4. The van der Waals surface area contributed by atoms with E-state index in [0.29, 0.717) is 33.0 Å². The first kappa shape index (κ1) is 22.6. The predicted molar refractivity (Wildman–Crippen MR) is 127 cm³/mol. The molecule has 1 aromatic heterocycles. The highest BCUT2D eigenvalue weighted by Crippen LogP contribution is 2.35. The van der Waals surface area contributed by atoms with E-state index < -0.39 is 17.9 Å². The van der Waals surface area contributed by atoms with Crippen molar-refractivity contribution in [2.45, 2.75) is 0 Å². The van der Waals surface area contributed by atoms with Crippen molar-refractivity contribution < 1.29 is 19.5 Å². The molecule has 0 saturated heterocycles. The molecule has 0 radical (unpaired) electrons. The molecule has 0 unspecified atom stereocenters. The van der Waals surface area contributed by atoms with E-state index in [1.54, 1.807) is 78.9 Å². The molecule has 34 heavy (non-hydrogen) atoms. The Morgan fingerprint density at radius 3 is 2.06 bits per heavy atom. The van der Waals surface area contributed by atoms with Gasteiger partial charge in [0.05, 0.1) is 0 Å². The molecule has 0 aliphatic rings. The van der Waals surface area contributed by atoms with Crippen LogP contribution in [-0.2, 0) is 0 Å². The fourth-order valence-corrected chi connectivity index (χ4v) is 3.54. The maximum atomic E-state index is 13.2. The Morgan fingerprint density at radius 2 is 1.41 bits per heavy atom. The molecular weight excluding hydrogens is 458 g/mol. The summed E-state index contributed by atoms with van der Waals surface area (Å²) in [5, 5.41) is 14.1. The molecule has 4 aromatic rings. The SMILES string of the molecule is O=C(O)Nn1nc(-c2cccc(Cl)c2)c(-c2ccccc2)c1C(=O)NNC(=O)c1ccccc1. The molecular formula is C24H18ClN5O4. The van der Waals surface area contributed by atoms with Crippen LogP contribution in [0.15, 0.2) is 84.9 Å². The number of carboxylic acid groups (broad SMARTS) is 1. The van der Waals surface area contributed by atoms with E-state index in [-0.39, 0.29) is 5.69 Å². The van der Waals surface area contributed by atoms with E-state index in [0.717, 1.165) is 4.79 Å². The van der Waals surface area contributed by atoms with E-state index in [2.05, 4.69) is 21.4 Å². The van der Waals surface area contributed by atoms with Crippen LogP contribution < -0.4 is 16.3 Å². The third-order valence-electron chi connectivity index (χ3n) is 4.79. The molecule has 3 amide bonds. The summed E-state index contributed by atoms with van der Waals surface area (Å²) in [5.41, 5.74) is 8.84. The van der Waals surface area contributed by atoms with E-state index in [9.17, 15) is 19.5 Å². The van der Waals surface area contributed by atoms with Gasteiger partial charge in [-0.05, 0) is 29.8 Å². The third kappa shape index (κ3) is 4.89. The van der Waals surface area contributed by atoms with Crippen LogP contribution in [0.25, 0.3) is 22.4 Å². The minimum absolute atomic E-state index is 0.128. The van der Waals surface area contributed by atoms with Gasteiger partial charge < -0.3 is 5.11 Å². The van der Waals surface area contributed by atoms with Gasteiger partial charge in [0, 0.05) is 21.7 Å². The third-order valence-corrected chi connectivity index (χ3v) is 5.02. The number of aromatic nitrogens is 2.